The fourth-order valence-electron chi connectivity index (χ4n) is 2.58. The van der Waals surface area contributed by atoms with E-state index < -0.39 is 7.14 Å². The van der Waals surface area contributed by atoms with Crippen LogP contribution in [0.4, 0.5) is 0 Å². The van der Waals surface area contributed by atoms with E-state index in [9.17, 15) is 0 Å². The molecule has 1 aliphatic rings. The molecule has 78 valence electrons. The maximum Gasteiger partial charge on any atom is 0.365 e. The summed E-state index contributed by atoms with van der Waals surface area (Å²) in [5, 5.41) is 9.10. The Morgan fingerprint density at radius 2 is 2.07 bits per heavy atom. The van der Waals surface area contributed by atoms with Crippen LogP contribution >= 0.6 is 7.14 Å². The molecule has 2 atom stereocenters. The standard InChI is InChI=1S/C12H17BOP/c13-15(10-8-14)9-4-7-12(15)11-5-2-1-3-6-11/h1-3,5-6,12,14H,4,7-10H2/q+1. The summed E-state index contributed by atoms with van der Waals surface area (Å²) in [6.45, 7) is 0.244. The third-order valence-electron chi connectivity index (χ3n) is 3.37. The Morgan fingerprint density at radius 3 is 2.73 bits per heavy atom. The SMILES string of the molecule is [B][P+]1(CCO)CCCC1c1ccccc1. The van der Waals surface area contributed by atoms with Gasteiger partial charge < -0.3 is 5.11 Å². The molecule has 1 N–H and O–H groups in total. The average molecular weight is 219 g/mol. The molecule has 2 unspecified atom stereocenters. The Labute approximate surface area is 93.6 Å². The van der Waals surface area contributed by atoms with Crippen molar-refractivity contribution in [3.05, 3.63) is 35.9 Å². The molecule has 1 nitrogen and oxygen atoms in total. The molecule has 1 aliphatic heterocycles. The van der Waals surface area contributed by atoms with E-state index in [1.54, 1.807) is 0 Å². The highest BCUT2D eigenvalue weighted by atomic mass is 31.2. The van der Waals surface area contributed by atoms with Gasteiger partial charge in [0.25, 0.3) is 0 Å². The first kappa shape index (κ1) is 11.2. The minimum Gasteiger partial charge on any atom is -0.393 e. The number of rotatable bonds is 3. The molecule has 1 fully saturated rings. The van der Waals surface area contributed by atoms with Crippen LogP contribution in [0.3, 0.4) is 0 Å². The summed E-state index contributed by atoms with van der Waals surface area (Å²) >= 11 is 0. The summed E-state index contributed by atoms with van der Waals surface area (Å²) in [6.07, 6.45) is 4.40. The average Bonchev–Trinajstić information content (AvgIpc) is 2.62. The molecule has 0 bridgehead atoms. The number of aliphatic hydroxyl groups is 1. The summed E-state index contributed by atoms with van der Waals surface area (Å²) in [6, 6.07) is 10.6. The monoisotopic (exact) mass is 219 g/mol. The van der Waals surface area contributed by atoms with Gasteiger partial charge in [-0.15, -0.1) is 0 Å². The molecule has 2 rings (SSSR count). The molecule has 0 amide bonds. The van der Waals surface area contributed by atoms with E-state index >= 15 is 0 Å². The normalized spacial score (nSPS) is 30.6. The minimum atomic E-state index is -1.40. The molecule has 1 aromatic carbocycles. The molecule has 0 saturated carbocycles. The topological polar surface area (TPSA) is 20.2 Å². The van der Waals surface area contributed by atoms with Gasteiger partial charge in [-0.25, -0.2) is 0 Å². The summed E-state index contributed by atoms with van der Waals surface area (Å²) < 4.78 is 0. The zero-order valence-electron chi connectivity index (χ0n) is 8.97. The molecular formula is C12H17BOP+. The predicted octanol–water partition coefficient (Wildman–Crippen LogP) is 2.61. The Bertz CT molecular complexity index is 317. The van der Waals surface area contributed by atoms with Gasteiger partial charge >= 0.3 is 7.57 Å². The fourth-order valence-corrected chi connectivity index (χ4v) is 6.04. The Balaban J connectivity index is 2.21. The van der Waals surface area contributed by atoms with E-state index in [0.717, 1.165) is 12.3 Å². The van der Waals surface area contributed by atoms with Gasteiger partial charge in [0.05, 0.1) is 18.4 Å². The summed E-state index contributed by atoms with van der Waals surface area (Å²) in [5.74, 6) is 0. The maximum atomic E-state index is 9.10. The number of hydrogen-bond donors (Lipinski definition) is 1. The highest BCUT2D eigenvalue weighted by Gasteiger charge is 2.45. The Morgan fingerprint density at radius 1 is 1.33 bits per heavy atom. The molecular weight excluding hydrogens is 202 g/mol. The van der Waals surface area contributed by atoms with E-state index in [-0.39, 0.29) is 6.61 Å². The second kappa shape index (κ2) is 4.68. The van der Waals surface area contributed by atoms with Crippen LogP contribution in [0.15, 0.2) is 30.3 Å². The second-order valence-corrected chi connectivity index (χ2v) is 8.07. The van der Waals surface area contributed by atoms with Crippen LogP contribution in [0.25, 0.3) is 0 Å². The number of benzene rings is 1. The first-order valence-corrected chi connectivity index (χ1v) is 7.87. The Kier molecular flexibility index (Phi) is 3.48. The first-order valence-electron chi connectivity index (χ1n) is 5.57. The largest absolute Gasteiger partial charge is 0.393 e. The van der Waals surface area contributed by atoms with E-state index in [1.165, 1.54) is 18.4 Å². The van der Waals surface area contributed by atoms with Crippen molar-refractivity contribution >= 4 is 14.7 Å². The van der Waals surface area contributed by atoms with E-state index in [2.05, 4.69) is 24.3 Å². The van der Waals surface area contributed by atoms with Crippen molar-refractivity contribution < 1.29 is 5.11 Å². The molecule has 3 heteroatoms. The Hall–Kier alpha value is -0.325. The first-order chi connectivity index (χ1) is 7.26. The molecule has 1 aromatic rings. The van der Waals surface area contributed by atoms with Crippen LogP contribution in [0.2, 0.25) is 0 Å². The highest BCUT2D eigenvalue weighted by Crippen LogP contribution is 2.71. The van der Waals surface area contributed by atoms with Gasteiger partial charge in [0.1, 0.15) is 0 Å². The summed E-state index contributed by atoms with van der Waals surface area (Å²) in [5.41, 5.74) is 1.91. The van der Waals surface area contributed by atoms with Crippen LogP contribution in [0, 0.1) is 0 Å². The maximum absolute atomic E-state index is 9.10. The zero-order valence-corrected chi connectivity index (χ0v) is 9.87. The molecule has 0 aliphatic carbocycles. The van der Waals surface area contributed by atoms with Gasteiger partial charge in [0, 0.05) is 6.16 Å². The minimum absolute atomic E-state index is 0.244. The predicted molar refractivity (Wildman–Crippen MR) is 67.9 cm³/mol. The van der Waals surface area contributed by atoms with E-state index in [0.29, 0.717) is 5.66 Å². The molecule has 1 saturated heterocycles. The van der Waals surface area contributed by atoms with Crippen LogP contribution in [-0.4, -0.2) is 31.6 Å². The van der Waals surface area contributed by atoms with Crippen molar-refractivity contribution in [2.24, 2.45) is 0 Å². The lowest BCUT2D eigenvalue weighted by atomic mass is 10.1. The van der Waals surface area contributed by atoms with E-state index in [4.69, 9.17) is 12.7 Å². The third-order valence-corrected chi connectivity index (χ3v) is 7.35. The van der Waals surface area contributed by atoms with Crippen molar-refractivity contribution in [3.8, 4) is 0 Å². The van der Waals surface area contributed by atoms with Crippen molar-refractivity contribution in [1.82, 2.24) is 0 Å². The van der Waals surface area contributed by atoms with Crippen molar-refractivity contribution in [1.29, 1.82) is 0 Å². The summed E-state index contributed by atoms with van der Waals surface area (Å²) in [4.78, 5) is 0. The van der Waals surface area contributed by atoms with Gasteiger partial charge in [-0.3, -0.25) is 0 Å². The quantitative estimate of drug-likeness (QED) is 0.611. The van der Waals surface area contributed by atoms with Crippen molar-refractivity contribution in [2.45, 2.75) is 18.5 Å². The van der Waals surface area contributed by atoms with E-state index in [1.807, 2.05) is 6.07 Å². The van der Waals surface area contributed by atoms with Gasteiger partial charge in [-0.1, -0.05) is 30.3 Å². The van der Waals surface area contributed by atoms with Gasteiger partial charge in [0.15, 0.2) is 0 Å². The molecule has 0 spiro atoms. The lowest BCUT2D eigenvalue weighted by Crippen LogP contribution is -2.08. The highest BCUT2D eigenvalue weighted by molar-refractivity contribution is 7.97. The molecule has 2 radical (unpaired) electrons. The smallest absolute Gasteiger partial charge is 0.365 e. The second-order valence-electron chi connectivity index (χ2n) is 4.34. The molecule has 0 aromatic heterocycles. The molecule has 1 heterocycles. The van der Waals surface area contributed by atoms with Crippen molar-refractivity contribution in [3.63, 3.8) is 0 Å². The van der Waals surface area contributed by atoms with Crippen LogP contribution < -0.4 is 0 Å². The van der Waals surface area contributed by atoms with Gasteiger partial charge in [-0.05, 0) is 25.5 Å². The van der Waals surface area contributed by atoms with Gasteiger partial charge in [-0.2, -0.15) is 0 Å². The van der Waals surface area contributed by atoms with Crippen molar-refractivity contribution in [2.75, 3.05) is 18.9 Å². The third kappa shape index (κ3) is 2.27. The number of aliphatic hydroxyl groups excluding tert-OH is 1. The molecule has 15 heavy (non-hydrogen) atoms. The zero-order chi connectivity index (χ0) is 10.7. The lowest BCUT2D eigenvalue weighted by Gasteiger charge is -2.25. The van der Waals surface area contributed by atoms with Crippen LogP contribution in [-0.2, 0) is 0 Å². The van der Waals surface area contributed by atoms with Crippen LogP contribution in [0.1, 0.15) is 24.1 Å². The van der Waals surface area contributed by atoms with Gasteiger partial charge in [0.2, 0.25) is 0 Å². The summed E-state index contributed by atoms with van der Waals surface area (Å²) in [7, 11) is 5.09. The number of hydrogen-bond acceptors (Lipinski definition) is 1. The van der Waals surface area contributed by atoms with Crippen LogP contribution in [0.5, 0.6) is 0 Å². The lowest BCUT2D eigenvalue weighted by molar-refractivity contribution is 0.321. The fraction of sp³-hybridized carbons (Fsp3) is 0.500.